The number of hydrogen-bond acceptors (Lipinski definition) is 4. The first-order valence-electron chi connectivity index (χ1n) is 7.95. The number of imidazole rings is 1. The summed E-state index contributed by atoms with van der Waals surface area (Å²) in [5, 5.41) is 0. The van der Waals surface area contributed by atoms with Crippen LogP contribution in [0, 0.1) is 5.82 Å². The van der Waals surface area contributed by atoms with Gasteiger partial charge in [0.15, 0.2) is 0 Å². The van der Waals surface area contributed by atoms with Crippen molar-refractivity contribution in [3.63, 3.8) is 0 Å². The highest BCUT2D eigenvalue weighted by Crippen LogP contribution is 2.18. The number of hydrogen-bond donors (Lipinski definition) is 1. The molecule has 3 rings (SSSR count). The van der Waals surface area contributed by atoms with Crippen LogP contribution in [0.5, 0.6) is 0 Å². The van der Waals surface area contributed by atoms with Gasteiger partial charge >= 0.3 is 0 Å². The van der Waals surface area contributed by atoms with E-state index in [4.69, 9.17) is 0 Å². The molecule has 0 saturated carbocycles. The number of aromatic nitrogens is 4. The van der Waals surface area contributed by atoms with Crippen LogP contribution in [0.2, 0.25) is 0 Å². The van der Waals surface area contributed by atoms with E-state index in [1.54, 1.807) is 6.07 Å². The fraction of sp³-hybridized carbons (Fsp3) is 0.389. The Morgan fingerprint density at radius 2 is 1.83 bits per heavy atom. The Hall–Kier alpha value is -2.34. The summed E-state index contributed by atoms with van der Waals surface area (Å²) in [7, 11) is 2.01. The summed E-state index contributed by atoms with van der Waals surface area (Å²) in [6.45, 7) is 7.64. The highest BCUT2D eigenvalue weighted by molar-refractivity contribution is 5.74. The van der Waals surface area contributed by atoms with E-state index in [1.165, 1.54) is 12.1 Å². The molecule has 1 aromatic carbocycles. The Morgan fingerprint density at radius 1 is 1.12 bits per heavy atom. The smallest absolute Gasteiger partial charge is 0.133 e. The van der Waals surface area contributed by atoms with Crippen molar-refractivity contribution in [2.45, 2.75) is 39.3 Å². The van der Waals surface area contributed by atoms with Gasteiger partial charge in [-0.15, -0.1) is 0 Å². The van der Waals surface area contributed by atoms with E-state index < -0.39 is 0 Å². The van der Waals surface area contributed by atoms with Crippen LogP contribution in [0.4, 0.5) is 4.39 Å². The van der Waals surface area contributed by atoms with Crippen LogP contribution < -0.4 is 0 Å². The molecular weight excluding hydrogens is 305 g/mol. The molecule has 3 aromatic rings. The molecule has 2 heterocycles. The first-order chi connectivity index (χ1) is 11.3. The van der Waals surface area contributed by atoms with Crippen LogP contribution in [-0.2, 0) is 18.5 Å². The van der Waals surface area contributed by atoms with Crippen LogP contribution in [-0.4, -0.2) is 31.9 Å². The molecule has 6 heteroatoms. The molecule has 2 aromatic heterocycles. The van der Waals surface area contributed by atoms with Crippen molar-refractivity contribution in [2.75, 3.05) is 7.05 Å². The molecule has 0 radical (unpaired) electrons. The maximum Gasteiger partial charge on any atom is 0.133 e. The fourth-order valence-corrected chi connectivity index (χ4v) is 2.56. The maximum absolute atomic E-state index is 13.2. The zero-order valence-electron chi connectivity index (χ0n) is 14.5. The predicted molar refractivity (Wildman–Crippen MR) is 92.0 cm³/mol. The second-order valence-corrected chi connectivity index (χ2v) is 7.18. The van der Waals surface area contributed by atoms with E-state index in [2.05, 4.69) is 45.6 Å². The van der Waals surface area contributed by atoms with Crippen LogP contribution in [0.1, 0.15) is 38.0 Å². The second kappa shape index (κ2) is 6.28. The van der Waals surface area contributed by atoms with Crippen molar-refractivity contribution in [3.8, 4) is 0 Å². The van der Waals surface area contributed by atoms with Crippen LogP contribution in [0.25, 0.3) is 11.0 Å². The average Bonchev–Trinajstić information content (AvgIpc) is 2.87. The molecule has 1 N–H and O–H groups in total. The molecule has 0 spiro atoms. The van der Waals surface area contributed by atoms with Crippen LogP contribution >= 0.6 is 0 Å². The summed E-state index contributed by atoms with van der Waals surface area (Å²) in [5.74, 6) is 1.39. The molecular formula is C18H22FN5. The average molecular weight is 327 g/mol. The molecule has 0 saturated heterocycles. The van der Waals surface area contributed by atoms with E-state index in [-0.39, 0.29) is 11.2 Å². The summed E-state index contributed by atoms with van der Waals surface area (Å²) >= 11 is 0. The van der Waals surface area contributed by atoms with E-state index in [0.29, 0.717) is 6.54 Å². The molecule has 0 fully saturated rings. The summed E-state index contributed by atoms with van der Waals surface area (Å²) in [5.41, 5.74) is 2.50. The van der Waals surface area contributed by atoms with Crippen molar-refractivity contribution in [1.29, 1.82) is 0 Å². The van der Waals surface area contributed by atoms with Crippen molar-refractivity contribution in [1.82, 2.24) is 24.8 Å². The lowest BCUT2D eigenvalue weighted by Gasteiger charge is -2.18. The number of H-pyrrole nitrogens is 1. The van der Waals surface area contributed by atoms with Gasteiger partial charge in [0, 0.05) is 29.9 Å². The number of rotatable bonds is 4. The van der Waals surface area contributed by atoms with Gasteiger partial charge in [0.25, 0.3) is 0 Å². The molecule has 0 amide bonds. The summed E-state index contributed by atoms with van der Waals surface area (Å²) in [6.07, 6.45) is 3.75. The van der Waals surface area contributed by atoms with E-state index in [0.717, 1.165) is 34.8 Å². The molecule has 24 heavy (non-hydrogen) atoms. The third-order valence-electron chi connectivity index (χ3n) is 3.74. The third-order valence-corrected chi connectivity index (χ3v) is 3.74. The zero-order chi connectivity index (χ0) is 17.3. The zero-order valence-corrected chi connectivity index (χ0v) is 14.5. The number of benzene rings is 1. The van der Waals surface area contributed by atoms with Crippen molar-refractivity contribution in [2.24, 2.45) is 0 Å². The minimum absolute atomic E-state index is 0.0476. The minimum atomic E-state index is -0.262. The number of nitrogens with one attached hydrogen (secondary N) is 1. The second-order valence-electron chi connectivity index (χ2n) is 7.18. The van der Waals surface area contributed by atoms with Gasteiger partial charge in [0.2, 0.25) is 0 Å². The van der Waals surface area contributed by atoms with E-state index in [1.807, 2.05) is 19.4 Å². The summed E-state index contributed by atoms with van der Waals surface area (Å²) < 4.78 is 13.2. The highest BCUT2D eigenvalue weighted by Gasteiger charge is 2.16. The van der Waals surface area contributed by atoms with Gasteiger partial charge in [-0.3, -0.25) is 4.90 Å². The molecule has 0 aliphatic heterocycles. The van der Waals surface area contributed by atoms with Crippen LogP contribution in [0.15, 0.2) is 30.6 Å². The van der Waals surface area contributed by atoms with Gasteiger partial charge in [-0.2, -0.15) is 0 Å². The van der Waals surface area contributed by atoms with E-state index >= 15 is 0 Å². The molecule has 0 aliphatic carbocycles. The highest BCUT2D eigenvalue weighted by atomic mass is 19.1. The standard InChI is InChI=1S/C18H22FN5/c1-18(2,3)17-20-8-12(9-21-17)10-24(4)11-16-22-14-6-5-13(19)7-15(14)23-16/h5-9H,10-11H2,1-4H3,(H,22,23). The largest absolute Gasteiger partial charge is 0.341 e. The molecule has 0 bridgehead atoms. The lowest BCUT2D eigenvalue weighted by atomic mass is 9.96. The quantitative estimate of drug-likeness (QED) is 0.798. The van der Waals surface area contributed by atoms with Gasteiger partial charge in [-0.25, -0.2) is 19.3 Å². The van der Waals surface area contributed by atoms with Crippen molar-refractivity contribution >= 4 is 11.0 Å². The van der Waals surface area contributed by atoms with E-state index in [9.17, 15) is 4.39 Å². The lowest BCUT2D eigenvalue weighted by molar-refractivity contribution is 0.311. The minimum Gasteiger partial charge on any atom is -0.341 e. The first kappa shape index (κ1) is 16.5. The maximum atomic E-state index is 13.2. The third kappa shape index (κ3) is 3.76. The number of fused-ring (bicyclic) bond motifs is 1. The Balaban J connectivity index is 1.67. The number of aromatic amines is 1. The van der Waals surface area contributed by atoms with Crippen LogP contribution in [0.3, 0.4) is 0 Å². The van der Waals surface area contributed by atoms with Gasteiger partial charge < -0.3 is 4.98 Å². The number of nitrogens with zero attached hydrogens (tertiary/aromatic N) is 4. The topological polar surface area (TPSA) is 57.7 Å². The summed E-state index contributed by atoms with van der Waals surface area (Å²) in [4.78, 5) is 18.7. The molecule has 0 aliphatic rings. The lowest BCUT2D eigenvalue weighted by Crippen LogP contribution is -2.20. The predicted octanol–water partition coefficient (Wildman–Crippen LogP) is 3.42. The van der Waals surface area contributed by atoms with Gasteiger partial charge in [0.1, 0.15) is 17.5 Å². The Kier molecular flexibility index (Phi) is 4.32. The molecule has 5 nitrogen and oxygen atoms in total. The van der Waals surface area contributed by atoms with Gasteiger partial charge in [0.05, 0.1) is 17.6 Å². The number of halogens is 1. The Labute approximate surface area is 141 Å². The Morgan fingerprint density at radius 3 is 2.50 bits per heavy atom. The normalized spacial score (nSPS) is 12.2. The summed E-state index contributed by atoms with van der Waals surface area (Å²) in [6, 6.07) is 4.57. The van der Waals surface area contributed by atoms with Crippen molar-refractivity contribution in [3.05, 3.63) is 53.6 Å². The molecule has 126 valence electrons. The van der Waals surface area contributed by atoms with Gasteiger partial charge in [-0.05, 0) is 25.2 Å². The SMILES string of the molecule is CN(Cc1cnc(C(C)(C)C)nc1)Cc1nc2ccc(F)cc2[nH]1. The van der Waals surface area contributed by atoms with Crippen molar-refractivity contribution < 1.29 is 4.39 Å². The first-order valence-corrected chi connectivity index (χ1v) is 7.95. The van der Waals surface area contributed by atoms with Gasteiger partial charge in [-0.1, -0.05) is 20.8 Å². The molecule has 0 unspecified atom stereocenters. The fourth-order valence-electron chi connectivity index (χ4n) is 2.56. The monoisotopic (exact) mass is 327 g/mol. The Bertz CT molecular complexity index is 833. The molecule has 0 atom stereocenters.